The lowest BCUT2D eigenvalue weighted by Crippen LogP contribution is -1.95. The third-order valence-corrected chi connectivity index (χ3v) is 2.27. The third kappa shape index (κ3) is 2.69. The second kappa shape index (κ2) is 4.78. The molecule has 1 aromatic heterocycles. The molecule has 0 aliphatic rings. The highest BCUT2D eigenvalue weighted by Gasteiger charge is 2.10. The van der Waals surface area contributed by atoms with Crippen LogP contribution in [-0.2, 0) is 6.42 Å². The Hall–Kier alpha value is -2.17. The summed E-state index contributed by atoms with van der Waals surface area (Å²) in [6.45, 7) is 1.40. The van der Waals surface area contributed by atoms with Crippen LogP contribution in [0.5, 0.6) is 5.75 Å². The fraction of sp³-hybridized carbons (Fsp3) is 0.250. The average molecular weight is 232 g/mol. The highest BCUT2D eigenvalue weighted by atomic mass is 16.5. The van der Waals surface area contributed by atoms with Gasteiger partial charge in [0.15, 0.2) is 0 Å². The Morgan fingerprint density at radius 1 is 1.47 bits per heavy atom. The number of rotatable bonds is 4. The quantitative estimate of drug-likeness (QED) is 0.753. The number of Topliss-reactive ketones (excluding diaryl/α,β-unsaturated/α-hetero) is 1. The van der Waals surface area contributed by atoms with Gasteiger partial charge in [0.1, 0.15) is 5.75 Å². The Balaban J connectivity index is 2.16. The maximum atomic E-state index is 11.0. The zero-order valence-electron chi connectivity index (χ0n) is 9.64. The van der Waals surface area contributed by atoms with Crippen LogP contribution in [0, 0.1) is 0 Å². The van der Waals surface area contributed by atoms with Gasteiger partial charge in [-0.1, -0.05) is 17.3 Å². The molecule has 0 aliphatic carbocycles. The fourth-order valence-electron chi connectivity index (χ4n) is 1.43. The molecule has 0 spiro atoms. The van der Waals surface area contributed by atoms with Crippen molar-refractivity contribution < 1.29 is 14.1 Å². The number of hydrogen-bond acceptors (Lipinski definition) is 5. The van der Waals surface area contributed by atoms with Crippen molar-refractivity contribution in [3.8, 4) is 5.75 Å². The summed E-state index contributed by atoms with van der Waals surface area (Å²) in [5.74, 6) is 1.10. The maximum absolute atomic E-state index is 11.0. The molecular weight excluding hydrogens is 220 g/mol. The SMILES string of the molecule is COc1cccc(Cc2nc(C(C)=O)no2)c1. The van der Waals surface area contributed by atoms with E-state index in [0.717, 1.165) is 11.3 Å². The van der Waals surface area contributed by atoms with Crippen molar-refractivity contribution in [1.29, 1.82) is 0 Å². The molecule has 5 nitrogen and oxygen atoms in total. The lowest BCUT2D eigenvalue weighted by Gasteiger charge is -2.01. The first-order valence-electron chi connectivity index (χ1n) is 5.15. The minimum atomic E-state index is -0.203. The lowest BCUT2D eigenvalue weighted by atomic mass is 10.1. The molecule has 1 aromatic carbocycles. The molecule has 0 radical (unpaired) electrons. The smallest absolute Gasteiger partial charge is 0.238 e. The number of carbonyl (C=O) groups is 1. The number of aromatic nitrogens is 2. The maximum Gasteiger partial charge on any atom is 0.238 e. The Kier molecular flexibility index (Phi) is 3.18. The van der Waals surface area contributed by atoms with E-state index in [1.165, 1.54) is 6.92 Å². The predicted molar refractivity (Wildman–Crippen MR) is 60.1 cm³/mol. The van der Waals surface area contributed by atoms with Gasteiger partial charge >= 0.3 is 0 Å². The van der Waals surface area contributed by atoms with Crippen LogP contribution in [-0.4, -0.2) is 23.0 Å². The topological polar surface area (TPSA) is 65.2 Å². The van der Waals surface area contributed by atoms with Gasteiger partial charge in [-0.2, -0.15) is 4.98 Å². The van der Waals surface area contributed by atoms with Crippen molar-refractivity contribution >= 4 is 5.78 Å². The van der Waals surface area contributed by atoms with E-state index in [-0.39, 0.29) is 11.6 Å². The van der Waals surface area contributed by atoms with Crippen LogP contribution in [0.4, 0.5) is 0 Å². The molecule has 2 rings (SSSR count). The van der Waals surface area contributed by atoms with Gasteiger partial charge in [-0.15, -0.1) is 0 Å². The first-order chi connectivity index (χ1) is 8.19. The van der Waals surface area contributed by atoms with Crippen LogP contribution in [0.15, 0.2) is 28.8 Å². The number of carbonyl (C=O) groups excluding carboxylic acids is 1. The van der Waals surface area contributed by atoms with E-state index in [1.807, 2.05) is 24.3 Å². The Labute approximate surface area is 98.4 Å². The summed E-state index contributed by atoms with van der Waals surface area (Å²) in [6.07, 6.45) is 0.484. The molecule has 17 heavy (non-hydrogen) atoms. The molecule has 1 heterocycles. The van der Waals surface area contributed by atoms with Gasteiger partial charge in [0, 0.05) is 6.92 Å². The van der Waals surface area contributed by atoms with Crippen LogP contribution in [0.2, 0.25) is 0 Å². The summed E-state index contributed by atoms with van der Waals surface area (Å²) in [5, 5.41) is 3.59. The third-order valence-electron chi connectivity index (χ3n) is 2.27. The number of methoxy groups -OCH3 is 1. The normalized spacial score (nSPS) is 10.2. The second-order valence-electron chi connectivity index (χ2n) is 3.60. The lowest BCUT2D eigenvalue weighted by molar-refractivity contribution is 0.100. The van der Waals surface area contributed by atoms with Gasteiger partial charge in [-0.3, -0.25) is 4.79 Å². The summed E-state index contributed by atoms with van der Waals surface area (Å²) in [6, 6.07) is 7.56. The monoisotopic (exact) mass is 232 g/mol. The zero-order chi connectivity index (χ0) is 12.3. The van der Waals surface area contributed by atoms with Crippen LogP contribution < -0.4 is 4.74 Å². The fourth-order valence-corrected chi connectivity index (χ4v) is 1.43. The highest BCUT2D eigenvalue weighted by molar-refractivity contribution is 5.89. The molecule has 0 saturated carbocycles. The van der Waals surface area contributed by atoms with Gasteiger partial charge in [0.05, 0.1) is 13.5 Å². The molecule has 2 aromatic rings. The van der Waals surface area contributed by atoms with Gasteiger partial charge in [-0.05, 0) is 17.7 Å². The van der Waals surface area contributed by atoms with Crippen LogP contribution in [0.3, 0.4) is 0 Å². The van der Waals surface area contributed by atoms with Crippen molar-refractivity contribution in [2.75, 3.05) is 7.11 Å². The highest BCUT2D eigenvalue weighted by Crippen LogP contribution is 2.15. The molecule has 5 heteroatoms. The zero-order valence-corrected chi connectivity index (χ0v) is 9.64. The Bertz CT molecular complexity index is 534. The van der Waals surface area contributed by atoms with E-state index in [4.69, 9.17) is 9.26 Å². The molecule has 0 fully saturated rings. The van der Waals surface area contributed by atoms with Crippen molar-refractivity contribution in [2.24, 2.45) is 0 Å². The standard InChI is InChI=1S/C12H12N2O3/c1-8(15)12-13-11(17-14-12)7-9-4-3-5-10(6-9)16-2/h3-6H,7H2,1-2H3. The number of ketones is 1. The average Bonchev–Trinajstić information content (AvgIpc) is 2.78. The number of benzene rings is 1. The van der Waals surface area contributed by atoms with Crippen LogP contribution in [0.1, 0.15) is 29.0 Å². The molecular formula is C12H12N2O3. The van der Waals surface area contributed by atoms with Crippen LogP contribution in [0.25, 0.3) is 0 Å². The molecule has 0 aliphatic heterocycles. The van der Waals surface area contributed by atoms with E-state index >= 15 is 0 Å². The van der Waals surface area contributed by atoms with E-state index in [9.17, 15) is 4.79 Å². The van der Waals surface area contributed by atoms with E-state index < -0.39 is 0 Å². The molecule has 0 saturated heterocycles. The van der Waals surface area contributed by atoms with E-state index in [1.54, 1.807) is 7.11 Å². The van der Waals surface area contributed by atoms with E-state index in [2.05, 4.69) is 10.1 Å². The summed E-state index contributed by atoms with van der Waals surface area (Å²) >= 11 is 0. The minimum Gasteiger partial charge on any atom is -0.497 e. The Morgan fingerprint density at radius 2 is 2.29 bits per heavy atom. The minimum absolute atomic E-state index is 0.114. The number of hydrogen-bond donors (Lipinski definition) is 0. The van der Waals surface area contributed by atoms with Crippen molar-refractivity contribution in [3.63, 3.8) is 0 Å². The number of nitrogens with zero attached hydrogens (tertiary/aromatic N) is 2. The summed E-state index contributed by atoms with van der Waals surface area (Å²) in [4.78, 5) is 15.0. The first-order valence-corrected chi connectivity index (χ1v) is 5.15. The largest absolute Gasteiger partial charge is 0.497 e. The van der Waals surface area contributed by atoms with Gasteiger partial charge in [0.25, 0.3) is 0 Å². The van der Waals surface area contributed by atoms with Gasteiger partial charge < -0.3 is 9.26 Å². The van der Waals surface area contributed by atoms with Crippen LogP contribution >= 0.6 is 0 Å². The molecule has 0 N–H and O–H groups in total. The van der Waals surface area contributed by atoms with Crippen molar-refractivity contribution in [2.45, 2.75) is 13.3 Å². The van der Waals surface area contributed by atoms with Crippen molar-refractivity contribution in [3.05, 3.63) is 41.5 Å². The van der Waals surface area contributed by atoms with Gasteiger partial charge in [-0.25, -0.2) is 0 Å². The molecule has 88 valence electrons. The van der Waals surface area contributed by atoms with Gasteiger partial charge in [0.2, 0.25) is 17.5 Å². The summed E-state index contributed by atoms with van der Waals surface area (Å²) in [7, 11) is 1.61. The molecule has 0 unspecified atom stereocenters. The predicted octanol–water partition coefficient (Wildman–Crippen LogP) is 1.87. The first kappa shape index (κ1) is 11.3. The summed E-state index contributed by atoms with van der Waals surface area (Å²) < 4.78 is 10.1. The summed E-state index contributed by atoms with van der Waals surface area (Å²) in [5.41, 5.74) is 0.989. The molecule has 0 amide bonds. The van der Waals surface area contributed by atoms with Crippen molar-refractivity contribution in [1.82, 2.24) is 10.1 Å². The Morgan fingerprint density at radius 3 is 2.94 bits per heavy atom. The molecule has 0 bridgehead atoms. The second-order valence-corrected chi connectivity index (χ2v) is 3.60. The number of ether oxygens (including phenoxy) is 1. The molecule has 0 atom stereocenters. The van der Waals surface area contributed by atoms with E-state index in [0.29, 0.717) is 12.3 Å².